The molecule has 1 aliphatic rings. The van der Waals surface area contributed by atoms with Gasteiger partial charge in [0.25, 0.3) is 5.91 Å². The number of hydrogen-bond donors (Lipinski definition) is 1. The summed E-state index contributed by atoms with van der Waals surface area (Å²) in [6.45, 7) is 5.03. The zero-order chi connectivity index (χ0) is 21.8. The third kappa shape index (κ3) is 5.15. The first kappa shape index (κ1) is 21.1. The average molecular weight is 424 g/mol. The van der Waals surface area contributed by atoms with E-state index in [1.165, 1.54) is 0 Å². The molecule has 0 radical (unpaired) electrons. The molecule has 31 heavy (non-hydrogen) atoms. The zero-order valence-corrected chi connectivity index (χ0v) is 18.3. The Morgan fingerprint density at radius 2 is 1.74 bits per heavy atom. The molecule has 0 atom stereocenters. The van der Waals surface area contributed by atoms with E-state index >= 15 is 0 Å². The van der Waals surface area contributed by atoms with Crippen molar-refractivity contribution in [3.63, 3.8) is 0 Å². The minimum Gasteiger partial charge on any atom is -0.497 e. The Morgan fingerprint density at radius 1 is 1.03 bits per heavy atom. The molecule has 0 aliphatic carbocycles. The van der Waals surface area contributed by atoms with E-state index in [-0.39, 0.29) is 12.5 Å². The number of benzene rings is 2. The van der Waals surface area contributed by atoms with Crippen molar-refractivity contribution < 1.29 is 14.3 Å². The molecule has 164 valence electrons. The van der Waals surface area contributed by atoms with Gasteiger partial charge in [0.15, 0.2) is 6.61 Å². The van der Waals surface area contributed by atoms with Gasteiger partial charge in [0, 0.05) is 38.9 Å². The van der Waals surface area contributed by atoms with E-state index < -0.39 is 0 Å². The Labute approximate surface area is 182 Å². The first-order chi connectivity index (χ1) is 15.0. The number of amides is 1. The predicted octanol–water partition coefficient (Wildman–Crippen LogP) is 2.35. The van der Waals surface area contributed by atoms with Crippen molar-refractivity contribution in [2.24, 2.45) is 7.05 Å². The van der Waals surface area contributed by atoms with Crippen LogP contribution in [-0.4, -0.2) is 72.2 Å². The molecule has 2 aromatic carbocycles. The summed E-state index contributed by atoms with van der Waals surface area (Å²) in [6, 6.07) is 12.9. The van der Waals surface area contributed by atoms with Crippen molar-refractivity contribution in [3.8, 4) is 11.5 Å². The van der Waals surface area contributed by atoms with Crippen LogP contribution in [0, 0.1) is 0 Å². The zero-order valence-electron chi connectivity index (χ0n) is 18.3. The molecule has 8 nitrogen and oxygen atoms in total. The maximum Gasteiger partial charge on any atom is 0.262 e. The third-order valence-corrected chi connectivity index (χ3v) is 5.65. The number of piperazine rings is 1. The number of carbonyl (C=O) groups is 1. The summed E-state index contributed by atoms with van der Waals surface area (Å²) >= 11 is 0. The number of likely N-dealkylation sites (N-methyl/N-ethyl adjacent to an activating group) is 1. The fraction of sp³-hybridized carbons (Fsp3) is 0.391. The molecule has 3 aromatic rings. The Kier molecular flexibility index (Phi) is 6.39. The lowest BCUT2D eigenvalue weighted by molar-refractivity contribution is -0.118. The lowest BCUT2D eigenvalue weighted by Crippen LogP contribution is -2.44. The topological polar surface area (TPSA) is 71.9 Å². The largest absolute Gasteiger partial charge is 0.497 e. The van der Waals surface area contributed by atoms with Gasteiger partial charge < -0.3 is 24.3 Å². The molecular formula is C23H29N5O3. The molecule has 0 unspecified atom stereocenters. The van der Waals surface area contributed by atoms with Crippen molar-refractivity contribution in [1.82, 2.24) is 19.4 Å². The van der Waals surface area contributed by atoms with Crippen LogP contribution in [0.25, 0.3) is 11.0 Å². The number of methoxy groups -OCH3 is 1. The standard InChI is InChI=1S/C23H29N5O3/c1-26-10-12-28(13-11-26)15-22-25-20-14-17(4-9-21(20)27(22)2)24-23(29)16-31-19-7-5-18(30-3)6-8-19/h4-9,14H,10-13,15-16H2,1-3H3,(H,24,29). The molecule has 1 N–H and O–H groups in total. The van der Waals surface area contributed by atoms with Gasteiger partial charge in [-0.25, -0.2) is 4.98 Å². The number of rotatable bonds is 7. The van der Waals surface area contributed by atoms with Gasteiger partial charge in [0.1, 0.15) is 17.3 Å². The highest BCUT2D eigenvalue weighted by Crippen LogP contribution is 2.21. The minimum atomic E-state index is -0.219. The summed E-state index contributed by atoms with van der Waals surface area (Å²) in [6.07, 6.45) is 0. The molecule has 1 aliphatic heterocycles. The Morgan fingerprint density at radius 3 is 2.45 bits per heavy atom. The van der Waals surface area contributed by atoms with Crippen LogP contribution < -0.4 is 14.8 Å². The van der Waals surface area contributed by atoms with Gasteiger partial charge in [-0.2, -0.15) is 0 Å². The molecule has 0 saturated carbocycles. The van der Waals surface area contributed by atoms with Crippen LogP contribution in [0.15, 0.2) is 42.5 Å². The lowest BCUT2D eigenvalue weighted by atomic mass is 10.2. The molecule has 1 fully saturated rings. The summed E-state index contributed by atoms with van der Waals surface area (Å²) < 4.78 is 12.8. The fourth-order valence-corrected chi connectivity index (χ4v) is 3.69. The van der Waals surface area contributed by atoms with Gasteiger partial charge in [0.05, 0.1) is 24.7 Å². The van der Waals surface area contributed by atoms with E-state index in [2.05, 4.69) is 26.7 Å². The van der Waals surface area contributed by atoms with Crippen molar-refractivity contribution in [1.29, 1.82) is 0 Å². The number of ether oxygens (including phenoxy) is 2. The number of imidazole rings is 1. The Hall–Kier alpha value is -3.10. The Balaban J connectivity index is 1.37. The van der Waals surface area contributed by atoms with Crippen molar-refractivity contribution in [2.75, 3.05) is 52.3 Å². The van der Waals surface area contributed by atoms with Gasteiger partial charge >= 0.3 is 0 Å². The van der Waals surface area contributed by atoms with Gasteiger partial charge in [-0.05, 0) is 49.5 Å². The van der Waals surface area contributed by atoms with Crippen LogP contribution in [0.1, 0.15) is 5.82 Å². The van der Waals surface area contributed by atoms with Gasteiger partial charge in [-0.1, -0.05) is 0 Å². The molecule has 0 bridgehead atoms. The normalized spacial score (nSPS) is 15.2. The van der Waals surface area contributed by atoms with Gasteiger partial charge in [-0.15, -0.1) is 0 Å². The number of fused-ring (bicyclic) bond motifs is 1. The number of anilines is 1. The SMILES string of the molecule is COc1ccc(OCC(=O)Nc2ccc3c(c2)nc(CN2CCN(C)CC2)n3C)cc1. The van der Waals surface area contributed by atoms with Crippen LogP contribution in [0.5, 0.6) is 11.5 Å². The summed E-state index contributed by atoms with van der Waals surface area (Å²) in [5.41, 5.74) is 2.64. The molecule has 8 heteroatoms. The molecule has 1 saturated heterocycles. The molecular weight excluding hydrogens is 394 g/mol. The lowest BCUT2D eigenvalue weighted by Gasteiger charge is -2.31. The maximum atomic E-state index is 12.3. The van der Waals surface area contributed by atoms with E-state index in [0.29, 0.717) is 11.4 Å². The van der Waals surface area contributed by atoms with E-state index in [4.69, 9.17) is 14.5 Å². The van der Waals surface area contributed by atoms with Crippen molar-refractivity contribution in [2.45, 2.75) is 6.54 Å². The highest BCUT2D eigenvalue weighted by Gasteiger charge is 2.17. The monoisotopic (exact) mass is 423 g/mol. The predicted molar refractivity (Wildman–Crippen MR) is 121 cm³/mol. The number of nitrogens with zero attached hydrogens (tertiary/aromatic N) is 4. The van der Waals surface area contributed by atoms with Crippen LogP contribution >= 0.6 is 0 Å². The van der Waals surface area contributed by atoms with E-state index in [1.54, 1.807) is 31.4 Å². The smallest absolute Gasteiger partial charge is 0.262 e. The van der Waals surface area contributed by atoms with E-state index in [0.717, 1.165) is 55.3 Å². The summed E-state index contributed by atoms with van der Waals surface area (Å²) in [5, 5.41) is 2.89. The quantitative estimate of drug-likeness (QED) is 0.629. The van der Waals surface area contributed by atoms with Gasteiger partial charge in [0.2, 0.25) is 0 Å². The number of aromatic nitrogens is 2. The summed E-state index contributed by atoms with van der Waals surface area (Å²) in [4.78, 5) is 21.9. The van der Waals surface area contributed by atoms with Crippen molar-refractivity contribution >= 4 is 22.6 Å². The van der Waals surface area contributed by atoms with Crippen LogP contribution in [0.3, 0.4) is 0 Å². The van der Waals surface area contributed by atoms with Crippen molar-refractivity contribution in [3.05, 3.63) is 48.3 Å². The van der Waals surface area contributed by atoms with E-state index in [9.17, 15) is 4.79 Å². The highest BCUT2D eigenvalue weighted by atomic mass is 16.5. The molecule has 1 amide bonds. The molecule has 0 spiro atoms. The highest BCUT2D eigenvalue weighted by molar-refractivity contribution is 5.94. The molecule has 2 heterocycles. The fourth-order valence-electron chi connectivity index (χ4n) is 3.69. The van der Waals surface area contributed by atoms with Gasteiger partial charge in [-0.3, -0.25) is 9.69 Å². The first-order valence-electron chi connectivity index (χ1n) is 10.4. The van der Waals surface area contributed by atoms with Crippen LogP contribution in [0.4, 0.5) is 5.69 Å². The molecule has 1 aromatic heterocycles. The average Bonchev–Trinajstić information content (AvgIpc) is 3.08. The summed E-state index contributed by atoms with van der Waals surface area (Å²) in [7, 11) is 5.81. The number of nitrogens with one attached hydrogen (secondary N) is 1. The second-order valence-corrected chi connectivity index (χ2v) is 7.88. The van der Waals surface area contributed by atoms with Crippen LogP contribution in [0.2, 0.25) is 0 Å². The van der Waals surface area contributed by atoms with Crippen LogP contribution in [-0.2, 0) is 18.4 Å². The molecule has 4 rings (SSSR count). The number of hydrogen-bond acceptors (Lipinski definition) is 6. The number of carbonyl (C=O) groups excluding carboxylic acids is 1. The Bertz CT molecular complexity index is 1040. The maximum absolute atomic E-state index is 12.3. The third-order valence-electron chi connectivity index (χ3n) is 5.65. The first-order valence-corrected chi connectivity index (χ1v) is 10.4. The second kappa shape index (κ2) is 9.36. The summed E-state index contributed by atoms with van der Waals surface area (Å²) in [5.74, 6) is 2.17. The van der Waals surface area contributed by atoms with E-state index in [1.807, 2.05) is 25.2 Å². The number of aryl methyl sites for hydroxylation is 1. The second-order valence-electron chi connectivity index (χ2n) is 7.88. The minimum absolute atomic E-state index is 0.0682.